The van der Waals surface area contributed by atoms with Crippen LogP contribution in [0.15, 0.2) is 30.3 Å². The number of carbonyl (C=O) groups is 1. The second-order valence-electron chi connectivity index (χ2n) is 3.87. The molecule has 0 saturated carbocycles. The Balaban J connectivity index is 2.18. The molecule has 0 aliphatic carbocycles. The van der Waals surface area contributed by atoms with E-state index in [1.165, 1.54) is 7.11 Å². The molecule has 3 nitrogen and oxygen atoms in total. The van der Waals surface area contributed by atoms with Gasteiger partial charge in [0.05, 0.1) is 7.11 Å². The number of carbonyl (C=O) groups excluding carboxylic acids is 1. The predicted octanol–water partition coefficient (Wildman–Crippen LogP) is 2.15. The topological polar surface area (TPSA) is 38.3 Å². The molecule has 86 valence electrons. The minimum Gasteiger partial charge on any atom is -0.467 e. The Labute approximate surface area is 99.6 Å². The van der Waals surface area contributed by atoms with Gasteiger partial charge in [0.1, 0.15) is 5.54 Å². The van der Waals surface area contributed by atoms with Gasteiger partial charge in [-0.25, -0.2) is 4.79 Å². The Morgan fingerprint density at radius 1 is 1.44 bits per heavy atom. The average molecular weight is 237 g/mol. The van der Waals surface area contributed by atoms with Crippen LogP contribution in [-0.4, -0.2) is 30.1 Å². The Morgan fingerprint density at radius 3 is 2.75 bits per heavy atom. The molecule has 1 fully saturated rings. The highest BCUT2D eigenvalue weighted by molar-refractivity contribution is 7.99. The number of hydrogen-bond acceptors (Lipinski definition) is 4. The standard InChI is InChI=1S/C12H15NO2S/c1-15-11(14)12(7-8-16-9-12)13-10-5-3-2-4-6-10/h2-6,13H,7-9H2,1H3. The smallest absolute Gasteiger partial charge is 0.332 e. The molecule has 1 aromatic rings. The second kappa shape index (κ2) is 4.78. The summed E-state index contributed by atoms with van der Waals surface area (Å²) in [6.45, 7) is 0. The molecule has 1 aromatic carbocycles. The van der Waals surface area contributed by atoms with Gasteiger partial charge in [0, 0.05) is 11.4 Å². The van der Waals surface area contributed by atoms with Crippen molar-refractivity contribution >= 4 is 23.4 Å². The summed E-state index contributed by atoms with van der Waals surface area (Å²) in [6, 6.07) is 9.80. The number of hydrogen-bond donors (Lipinski definition) is 1. The Morgan fingerprint density at radius 2 is 2.19 bits per heavy atom. The fraction of sp³-hybridized carbons (Fsp3) is 0.417. The lowest BCUT2D eigenvalue weighted by Crippen LogP contribution is -2.47. The summed E-state index contributed by atoms with van der Waals surface area (Å²) in [7, 11) is 1.44. The molecule has 1 aliphatic heterocycles. The Hall–Kier alpha value is -1.16. The molecule has 1 aliphatic rings. The van der Waals surface area contributed by atoms with E-state index >= 15 is 0 Å². The lowest BCUT2D eigenvalue weighted by molar-refractivity contribution is -0.145. The molecule has 0 bridgehead atoms. The molecule has 0 amide bonds. The average Bonchev–Trinajstić information content (AvgIpc) is 2.79. The van der Waals surface area contributed by atoms with Crippen LogP contribution >= 0.6 is 11.8 Å². The van der Waals surface area contributed by atoms with E-state index in [1.54, 1.807) is 11.8 Å². The summed E-state index contributed by atoms with van der Waals surface area (Å²) < 4.78 is 4.89. The molecular weight excluding hydrogens is 222 g/mol. The van der Waals surface area contributed by atoms with Gasteiger partial charge in [-0.15, -0.1) is 0 Å². The second-order valence-corrected chi connectivity index (χ2v) is 4.97. The summed E-state index contributed by atoms with van der Waals surface area (Å²) >= 11 is 1.78. The molecule has 1 N–H and O–H groups in total. The van der Waals surface area contributed by atoms with E-state index < -0.39 is 5.54 Å². The maximum Gasteiger partial charge on any atom is 0.332 e. The third kappa shape index (κ3) is 2.16. The highest BCUT2D eigenvalue weighted by Crippen LogP contribution is 2.32. The maximum absolute atomic E-state index is 11.8. The van der Waals surface area contributed by atoms with Crippen LogP contribution in [0.1, 0.15) is 6.42 Å². The first-order chi connectivity index (χ1) is 7.77. The Bertz CT molecular complexity index is 361. The number of thioether (sulfide) groups is 1. The molecular formula is C12H15NO2S. The van der Waals surface area contributed by atoms with Gasteiger partial charge < -0.3 is 10.1 Å². The van der Waals surface area contributed by atoms with Crippen molar-refractivity contribution in [2.45, 2.75) is 12.0 Å². The molecule has 0 aromatic heterocycles. The van der Waals surface area contributed by atoms with E-state index in [0.29, 0.717) is 0 Å². The predicted molar refractivity (Wildman–Crippen MR) is 66.8 cm³/mol. The van der Waals surface area contributed by atoms with Crippen LogP contribution < -0.4 is 5.32 Å². The fourth-order valence-electron chi connectivity index (χ4n) is 1.87. The van der Waals surface area contributed by atoms with E-state index in [0.717, 1.165) is 23.6 Å². The minimum absolute atomic E-state index is 0.165. The lowest BCUT2D eigenvalue weighted by atomic mass is 9.98. The van der Waals surface area contributed by atoms with Crippen molar-refractivity contribution in [2.75, 3.05) is 23.9 Å². The van der Waals surface area contributed by atoms with Crippen molar-refractivity contribution in [2.24, 2.45) is 0 Å². The zero-order chi connectivity index (χ0) is 11.4. The summed E-state index contributed by atoms with van der Waals surface area (Å²) in [5.74, 6) is 1.60. The van der Waals surface area contributed by atoms with Crippen molar-refractivity contribution in [1.82, 2.24) is 0 Å². The molecule has 4 heteroatoms. The SMILES string of the molecule is COC(=O)C1(Nc2ccccc2)CCSC1. The molecule has 0 radical (unpaired) electrons. The van der Waals surface area contributed by atoms with Crippen molar-refractivity contribution in [1.29, 1.82) is 0 Å². The largest absolute Gasteiger partial charge is 0.467 e. The Kier molecular flexibility index (Phi) is 3.39. The van der Waals surface area contributed by atoms with Crippen LogP contribution in [0, 0.1) is 0 Å². The summed E-state index contributed by atoms with van der Waals surface area (Å²) in [5.41, 5.74) is 0.427. The summed E-state index contributed by atoms with van der Waals surface area (Å²) in [4.78, 5) is 11.8. The fourth-order valence-corrected chi connectivity index (χ4v) is 3.19. The number of benzene rings is 1. The van der Waals surface area contributed by atoms with E-state index in [9.17, 15) is 4.79 Å². The van der Waals surface area contributed by atoms with Crippen molar-refractivity contribution in [3.8, 4) is 0 Å². The van der Waals surface area contributed by atoms with Crippen LogP contribution in [0.2, 0.25) is 0 Å². The van der Waals surface area contributed by atoms with Gasteiger partial charge in [-0.05, 0) is 24.3 Å². The first-order valence-corrected chi connectivity index (χ1v) is 6.42. The van der Waals surface area contributed by atoms with Crippen molar-refractivity contribution in [3.63, 3.8) is 0 Å². The number of anilines is 1. The zero-order valence-corrected chi connectivity index (χ0v) is 10.0. The molecule has 1 heterocycles. The summed E-state index contributed by atoms with van der Waals surface area (Å²) in [5, 5.41) is 3.31. The van der Waals surface area contributed by atoms with E-state index in [-0.39, 0.29) is 5.97 Å². The molecule has 16 heavy (non-hydrogen) atoms. The molecule has 1 unspecified atom stereocenters. The van der Waals surface area contributed by atoms with E-state index in [1.807, 2.05) is 30.3 Å². The quantitative estimate of drug-likeness (QED) is 0.817. The van der Waals surface area contributed by atoms with Crippen molar-refractivity contribution in [3.05, 3.63) is 30.3 Å². The van der Waals surface area contributed by atoms with Gasteiger partial charge in [-0.3, -0.25) is 0 Å². The first-order valence-electron chi connectivity index (χ1n) is 5.26. The van der Waals surface area contributed by atoms with Crippen LogP contribution in [0.4, 0.5) is 5.69 Å². The van der Waals surface area contributed by atoms with Crippen LogP contribution in [-0.2, 0) is 9.53 Å². The minimum atomic E-state index is -0.541. The number of rotatable bonds is 3. The third-order valence-electron chi connectivity index (χ3n) is 2.76. The number of methoxy groups -OCH3 is 1. The summed E-state index contributed by atoms with van der Waals surface area (Å²) in [6.07, 6.45) is 0.819. The normalized spacial score (nSPS) is 24.1. The molecule has 2 rings (SSSR count). The van der Waals surface area contributed by atoms with Gasteiger partial charge in [-0.1, -0.05) is 18.2 Å². The van der Waals surface area contributed by atoms with Crippen LogP contribution in [0.3, 0.4) is 0 Å². The number of nitrogens with one attached hydrogen (secondary N) is 1. The van der Waals surface area contributed by atoms with E-state index in [2.05, 4.69) is 5.32 Å². The van der Waals surface area contributed by atoms with E-state index in [4.69, 9.17) is 4.74 Å². The van der Waals surface area contributed by atoms with Gasteiger partial charge in [0.15, 0.2) is 0 Å². The van der Waals surface area contributed by atoms with Crippen LogP contribution in [0.5, 0.6) is 0 Å². The zero-order valence-electron chi connectivity index (χ0n) is 9.23. The van der Waals surface area contributed by atoms with Crippen LogP contribution in [0.25, 0.3) is 0 Å². The van der Waals surface area contributed by atoms with Gasteiger partial charge in [0.25, 0.3) is 0 Å². The molecule has 0 spiro atoms. The van der Waals surface area contributed by atoms with Gasteiger partial charge in [0.2, 0.25) is 0 Å². The van der Waals surface area contributed by atoms with Gasteiger partial charge >= 0.3 is 5.97 Å². The lowest BCUT2D eigenvalue weighted by Gasteiger charge is -2.27. The molecule has 1 saturated heterocycles. The number of esters is 1. The monoisotopic (exact) mass is 237 g/mol. The highest BCUT2D eigenvalue weighted by atomic mass is 32.2. The first kappa shape index (κ1) is 11.3. The number of para-hydroxylation sites is 1. The third-order valence-corrected chi connectivity index (χ3v) is 3.94. The highest BCUT2D eigenvalue weighted by Gasteiger charge is 2.42. The number of ether oxygens (including phenoxy) is 1. The maximum atomic E-state index is 11.8. The van der Waals surface area contributed by atoms with Crippen molar-refractivity contribution < 1.29 is 9.53 Å². The van der Waals surface area contributed by atoms with Gasteiger partial charge in [-0.2, -0.15) is 11.8 Å². The molecule has 1 atom stereocenters.